The van der Waals surface area contributed by atoms with Gasteiger partial charge in [-0.05, 0) is 53.1 Å². The van der Waals surface area contributed by atoms with E-state index in [1.165, 1.54) is 4.90 Å². The minimum absolute atomic E-state index is 0.100. The van der Waals surface area contributed by atoms with Gasteiger partial charge in [-0.1, -0.05) is 65.8 Å². The smallest absolute Gasteiger partial charge is 0.244 e. The fourth-order valence-corrected chi connectivity index (χ4v) is 4.86. The maximum absolute atomic E-state index is 13.8. The van der Waals surface area contributed by atoms with Gasteiger partial charge < -0.3 is 15.0 Å². The second kappa shape index (κ2) is 13.1. The molecule has 0 fully saturated rings. The van der Waals surface area contributed by atoms with Crippen LogP contribution in [-0.4, -0.2) is 57.6 Å². The summed E-state index contributed by atoms with van der Waals surface area (Å²) in [5, 5.41) is 2.92. The number of rotatable bonds is 12. The topological polar surface area (TPSA) is 96.0 Å². The van der Waals surface area contributed by atoms with Crippen LogP contribution in [0.25, 0.3) is 0 Å². The molecule has 0 aliphatic rings. The number of nitrogens with zero attached hydrogens (tertiary/aromatic N) is 2. The third kappa shape index (κ3) is 8.75. The first-order chi connectivity index (χ1) is 17.7. The summed E-state index contributed by atoms with van der Waals surface area (Å²) in [4.78, 5) is 28.4. The molecule has 2 aromatic carbocycles. The summed E-state index contributed by atoms with van der Waals surface area (Å²) in [7, 11) is -2.21. The van der Waals surface area contributed by atoms with E-state index in [0.717, 1.165) is 21.7 Å². The van der Waals surface area contributed by atoms with Crippen molar-refractivity contribution in [2.45, 2.75) is 66.0 Å². The predicted molar refractivity (Wildman–Crippen MR) is 153 cm³/mol. The van der Waals surface area contributed by atoms with Crippen molar-refractivity contribution in [3.8, 4) is 5.75 Å². The highest BCUT2D eigenvalue weighted by Gasteiger charge is 2.32. The first-order valence-electron chi connectivity index (χ1n) is 13.0. The van der Waals surface area contributed by atoms with Crippen LogP contribution in [0.4, 0.5) is 5.69 Å². The number of benzene rings is 2. The Balaban J connectivity index is 2.43. The van der Waals surface area contributed by atoms with Crippen molar-refractivity contribution in [1.29, 1.82) is 0 Å². The van der Waals surface area contributed by atoms with Crippen molar-refractivity contribution in [1.82, 2.24) is 10.2 Å². The average Bonchev–Trinajstić information content (AvgIpc) is 2.85. The highest BCUT2D eigenvalue weighted by Crippen LogP contribution is 2.26. The van der Waals surface area contributed by atoms with Crippen LogP contribution >= 0.6 is 0 Å². The van der Waals surface area contributed by atoms with Crippen LogP contribution in [0, 0.1) is 5.92 Å². The molecule has 0 saturated heterocycles. The average molecular weight is 546 g/mol. The lowest BCUT2D eigenvalue weighted by molar-refractivity contribution is -0.140. The van der Waals surface area contributed by atoms with Crippen molar-refractivity contribution in [2.75, 3.05) is 30.8 Å². The van der Waals surface area contributed by atoms with Gasteiger partial charge in [-0.25, -0.2) is 8.42 Å². The molecule has 8 nitrogen and oxygen atoms in total. The van der Waals surface area contributed by atoms with Gasteiger partial charge in [0.25, 0.3) is 0 Å². The Kier molecular flexibility index (Phi) is 10.8. The van der Waals surface area contributed by atoms with E-state index in [1.54, 1.807) is 31.4 Å². The number of carbonyl (C=O) groups is 2. The van der Waals surface area contributed by atoms with E-state index in [4.69, 9.17) is 4.74 Å². The van der Waals surface area contributed by atoms with Gasteiger partial charge in [0.05, 0.1) is 19.1 Å². The summed E-state index contributed by atoms with van der Waals surface area (Å²) >= 11 is 0. The number of nitrogens with one attached hydrogen (secondary N) is 1. The number of hydrogen-bond acceptors (Lipinski definition) is 5. The number of ether oxygens (including phenoxy) is 1. The molecule has 0 saturated carbocycles. The van der Waals surface area contributed by atoms with Gasteiger partial charge in [0, 0.05) is 13.1 Å². The molecule has 0 aromatic heterocycles. The number of sulfonamides is 1. The molecule has 1 atom stereocenters. The van der Waals surface area contributed by atoms with Crippen LogP contribution in [0.1, 0.15) is 59.1 Å². The summed E-state index contributed by atoms with van der Waals surface area (Å²) in [6, 6.07) is 13.7. The Morgan fingerprint density at radius 1 is 1.00 bits per heavy atom. The van der Waals surface area contributed by atoms with Crippen molar-refractivity contribution in [2.24, 2.45) is 5.92 Å². The molecule has 210 valence electrons. The molecule has 0 heterocycles. The first-order valence-corrected chi connectivity index (χ1v) is 14.8. The molecule has 9 heteroatoms. The lowest BCUT2D eigenvalue weighted by Crippen LogP contribution is -2.52. The van der Waals surface area contributed by atoms with E-state index in [1.807, 2.05) is 45.0 Å². The van der Waals surface area contributed by atoms with Crippen LogP contribution in [0.5, 0.6) is 5.75 Å². The molecular formula is C29H43N3O5S. The lowest BCUT2D eigenvalue weighted by Gasteiger charge is -2.33. The van der Waals surface area contributed by atoms with Crippen molar-refractivity contribution in [3.05, 3.63) is 59.7 Å². The Bertz CT molecular complexity index is 1170. The third-order valence-electron chi connectivity index (χ3n) is 6.28. The summed E-state index contributed by atoms with van der Waals surface area (Å²) in [6.07, 6.45) is 1.46. The molecule has 1 N–H and O–H groups in total. The maximum atomic E-state index is 13.8. The first kappa shape index (κ1) is 31.1. The Morgan fingerprint density at radius 3 is 2.03 bits per heavy atom. The van der Waals surface area contributed by atoms with Gasteiger partial charge in [-0.15, -0.1) is 0 Å². The van der Waals surface area contributed by atoms with Crippen LogP contribution in [0.2, 0.25) is 0 Å². The number of methoxy groups -OCH3 is 1. The molecule has 0 spiro atoms. The Labute approximate surface area is 228 Å². The van der Waals surface area contributed by atoms with E-state index in [0.29, 0.717) is 24.4 Å². The van der Waals surface area contributed by atoms with E-state index in [2.05, 4.69) is 26.1 Å². The molecule has 0 bridgehead atoms. The summed E-state index contributed by atoms with van der Waals surface area (Å²) < 4.78 is 32.0. The quantitative estimate of drug-likeness (QED) is 0.428. The SMILES string of the molecule is CC[C@H](C(=O)NCC(C)C)N(Cc1ccc(OC)cc1)C(=O)CN(c1ccc(C(C)(C)C)cc1)S(C)(=O)=O. The van der Waals surface area contributed by atoms with Gasteiger partial charge >= 0.3 is 0 Å². The molecular weight excluding hydrogens is 502 g/mol. The number of anilines is 1. The van der Waals surface area contributed by atoms with Crippen molar-refractivity contribution in [3.63, 3.8) is 0 Å². The largest absolute Gasteiger partial charge is 0.497 e. The van der Waals surface area contributed by atoms with Gasteiger partial charge in [0.15, 0.2) is 0 Å². The third-order valence-corrected chi connectivity index (χ3v) is 7.42. The standard InChI is InChI=1S/C29H43N3O5S/c1-9-26(28(34)30-18-21(2)3)31(19-22-10-16-25(37-7)17-11-22)27(33)20-32(38(8,35)36)24-14-12-23(13-15-24)29(4,5)6/h10-17,21,26H,9,18-20H2,1-8H3,(H,30,34)/t26-/m1/s1. The number of amides is 2. The van der Waals surface area contributed by atoms with Crippen molar-refractivity contribution >= 4 is 27.5 Å². The maximum Gasteiger partial charge on any atom is 0.244 e. The van der Waals surface area contributed by atoms with Crippen LogP contribution in [-0.2, 0) is 31.6 Å². The van der Waals surface area contributed by atoms with E-state index in [9.17, 15) is 18.0 Å². The molecule has 0 unspecified atom stereocenters. The summed E-state index contributed by atoms with van der Waals surface area (Å²) in [5.74, 6) is 0.204. The highest BCUT2D eigenvalue weighted by molar-refractivity contribution is 7.92. The molecule has 0 radical (unpaired) electrons. The Morgan fingerprint density at radius 2 is 1.58 bits per heavy atom. The fourth-order valence-electron chi connectivity index (χ4n) is 4.01. The molecule has 38 heavy (non-hydrogen) atoms. The zero-order chi connectivity index (χ0) is 28.7. The number of carbonyl (C=O) groups excluding carboxylic acids is 2. The molecule has 2 amide bonds. The van der Waals surface area contributed by atoms with Gasteiger partial charge in [0.1, 0.15) is 18.3 Å². The second-order valence-corrected chi connectivity index (χ2v) is 12.9. The predicted octanol–water partition coefficient (Wildman–Crippen LogP) is 4.34. The highest BCUT2D eigenvalue weighted by atomic mass is 32.2. The second-order valence-electron chi connectivity index (χ2n) is 11.0. The minimum atomic E-state index is -3.78. The monoisotopic (exact) mass is 545 g/mol. The fraction of sp³-hybridized carbons (Fsp3) is 0.517. The zero-order valence-corrected chi connectivity index (χ0v) is 24.8. The molecule has 0 aliphatic carbocycles. The van der Waals surface area contributed by atoms with Crippen molar-refractivity contribution < 1.29 is 22.7 Å². The van der Waals surface area contributed by atoms with Crippen LogP contribution in [0.15, 0.2) is 48.5 Å². The molecule has 0 aliphatic heterocycles. The van der Waals surface area contributed by atoms with Crippen LogP contribution in [0.3, 0.4) is 0 Å². The van der Waals surface area contributed by atoms with E-state index >= 15 is 0 Å². The van der Waals surface area contributed by atoms with E-state index < -0.39 is 28.5 Å². The van der Waals surface area contributed by atoms with Gasteiger partial charge in [-0.2, -0.15) is 0 Å². The summed E-state index contributed by atoms with van der Waals surface area (Å²) in [5.41, 5.74) is 2.15. The van der Waals surface area contributed by atoms with Gasteiger partial charge in [-0.3, -0.25) is 13.9 Å². The van der Waals surface area contributed by atoms with Crippen LogP contribution < -0.4 is 14.4 Å². The summed E-state index contributed by atoms with van der Waals surface area (Å²) in [6.45, 7) is 12.3. The Hall–Kier alpha value is -3.07. The normalized spacial score (nSPS) is 12.7. The van der Waals surface area contributed by atoms with Gasteiger partial charge in [0.2, 0.25) is 21.8 Å². The molecule has 2 aromatic rings. The van der Waals surface area contributed by atoms with E-state index in [-0.39, 0.29) is 23.8 Å². The lowest BCUT2D eigenvalue weighted by atomic mass is 9.87. The minimum Gasteiger partial charge on any atom is -0.497 e. The zero-order valence-electron chi connectivity index (χ0n) is 23.9. The molecule has 2 rings (SSSR count). The number of hydrogen-bond donors (Lipinski definition) is 1.